The molecule has 0 spiro atoms. The summed E-state index contributed by atoms with van der Waals surface area (Å²) in [4.78, 5) is 2.07. The molecule has 1 heteroatoms. The first-order valence-electron chi connectivity index (χ1n) is 4.57. The van der Waals surface area contributed by atoms with Gasteiger partial charge in [0.15, 0.2) is 0 Å². The van der Waals surface area contributed by atoms with E-state index in [1.54, 1.807) is 0 Å². The molecular formula is C10H13N. The first-order chi connectivity index (χ1) is 5.79. The molecular weight excluding hydrogens is 134 g/mol. The molecule has 0 aromatic heterocycles. The van der Waals surface area contributed by atoms with Crippen LogP contribution in [-0.4, -0.2) is 18.5 Å². The summed E-state index contributed by atoms with van der Waals surface area (Å²) in [7, 11) is 2.01. The van der Waals surface area contributed by atoms with Crippen molar-refractivity contribution >= 4 is 0 Å². The highest BCUT2D eigenvalue weighted by Crippen LogP contribution is 2.16. The van der Waals surface area contributed by atoms with Gasteiger partial charge in [0.1, 0.15) is 0 Å². The van der Waals surface area contributed by atoms with Crippen molar-refractivity contribution < 1.29 is 1.37 Å². The van der Waals surface area contributed by atoms with Crippen molar-refractivity contribution in [1.29, 1.82) is 0 Å². The fourth-order valence-corrected chi connectivity index (χ4v) is 1.49. The third-order valence-corrected chi connectivity index (χ3v) is 2.15. The monoisotopic (exact) mass is 148 g/mol. The predicted molar refractivity (Wildman–Crippen MR) is 46.5 cm³/mol. The van der Waals surface area contributed by atoms with Gasteiger partial charge < -0.3 is 4.90 Å². The molecule has 0 saturated carbocycles. The van der Waals surface area contributed by atoms with Crippen molar-refractivity contribution in [3.05, 3.63) is 35.4 Å². The number of likely N-dealkylation sites (N-methyl/N-ethyl adjacent to an activating group) is 1. The molecule has 0 N–H and O–H groups in total. The summed E-state index contributed by atoms with van der Waals surface area (Å²) >= 11 is 0. The van der Waals surface area contributed by atoms with E-state index in [0.29, 0.717) is 0 Å². The van der Waals surface area contributed by atoms with E-state index in [9.17, 15) is 0 Å². The van der Waals surface area contributed by atoms with Gasteiger partial charge in [0.2, 0.25) is 0 Å². The van der Waals surface area contributed by atoms with Gasteiger partial charge in [-0.15, -0.1) is 0 Å². The van der Waals surface area contributed by atoms with Crippen LogP contribution in [0.15, 0.2) is 24.3 Å². The molecule has 0 radical (unpaired) electrons. The van der Waals surface area contributed by atoms with Crippen LogP contribution in [0.4, 0.5) is 0 Å². The van der Waals surface area contributed by atoms with Crippen LogP contribution in [0.3, 0.4) is 0 Å². The molecule has 1 unspecified atom stereocenters. The summed E-state index contributed by atoms with van der Waals surface area (Å²) in [5.74, 6) is 0. The highest BCUT2D eigenvalue weighted by atomic mass is 15.1. The molecule has 0 saturated heterocycles. The van der Waals surface area contributed by atoms with Crippen LogP contribution < -0.4 is 0 Å². The summed E-state index contributed by atoms with van der Waals surface area (Å²) in [6, 6.07) is 8.25. The molecule has 2 rings (SSSR count). The Kier molecular flexibility index (Phi) is 1.40. The average molecular weight is 148 g/mol. The Hall–Kier alpha value is -0.820. The second-order valence-electron chi connectivity index (χ2n) is 3.06. The van der Waals surface area contributed by atoms with Crippen LogP contribution >= 0.6 is 0 Å². The van der Waals surface area contributed by atoms with Gasteiger partial charge in [0.05, 0.1) is 0 Å². The van der Waals surface area contributed by atoms with Gasteiger partial charge in [0, 0.05) is 14.4 Å². The van der Waals surface area contributed by atoms with Crippen molar-refractivity contribution in [2.75, 3.05) is 13.6 Å². The largest absolute Gasteiger partial charge is 0.302 e. The minimum atomic E-state index is -0.157. The van der Waals surface area contributed by atoms with Crippen LogP contribution in [-0.2, 0) is 12.9 Å². The molecule has 11 heavy (non-hydrogen) atoms. The van der Waals surface area contributed by atoms with E-state index in [4.69, 9.17) is 1.37 Å². The van der Waals surface area contributed by atoms with Gasteiger partial charge in [-0.05, 0) is 24.6 Å². The van der Waals surface area contributed by atoms with Crippen LogP contribution in [0, 0.1) is 0 Å². The van der Waals surface area contributed by atoms with E-state index >= 15 is 0 Å². The normalized spacial score (nSPS) is 25.9. The summed E-state index contributed by atoms with van der Waals surface area (Å²) in [6.45, 7) is 0.848. The van der Waals surface area contributed by atoms with Crippen LogP contribution in [0.1, 0.15) is 12.5 Å². The Morgan fingerprint density at radius 3 is 2.91 bits per heavy atom. The minimum absolute atomic E-state index is 0.157. The fourth-order valence-electron chi connectivity index (χ4n) is 1.49. The Morgan fingerprint density at radius 2 is 2.09 bits per heavy atom. The minimum Gasteiger partial charge on any atom is -0.302 e. The molecule has 58 valence electrons. The second kappa shape index (κ2) is 2.67. The van der Waals surface area contributed by atoms with E-state index in [1.165, 1.54) is 11.1 Å². The number of hydrogen-bond donors (Lipinski definition) is 0. The molecule has 1 atom stereocenters. The molecule has 1 heterocycles. The average Bonchev–Trinajstić information content (AvgIpc) is 2.12. The van der Waals surface area contributed by atoms with E-state index in [2.05, 4.69) is 23.1 Å². The lowest BCUT2D eigenvalue weighted by atomic mass is 10.0. The smallest absolute Gasteiger partial charge is 0.0481 e. The number of benzene rings is 1. The molecule has 0 fully saturated rings. The van der Waals surface area contributed by atoms with Crippen LogP contribution in [0.2, 0.25) is 0 Å². The summed E-state index contributed by atoms with van der Waals surface area (Å²) < 4.78 is 7.89. The zero-order valence-corrected chi connectivity index (χ0v) is 6.75. The number of rotatable bonds is 0. The number of hydrogen-bond acceptors (Lipinski definition) is 1. The molecule has 1 aliphatic rings. The fraction of sp³-hybridized carbons (Fsp3) is 0.400. The standard InChI is InChI=1S/C10H13N/c1-11-7-6-9-4-2-3-5-10(9)8-11/h2-5H,6-8H2,1H3/i8D. The molecule has 1 aromatic carbocycles. The van der Waals surface area contributed by atoms with Crippen molar-refractivity contribution in [3.8, 4) is 0 Å². The maximum absolute atomic E-state index is 7.89. The third kappa shape index (κ3) is 1.29. The summed E-state index contributed by atoms with van der Waals surface area (Å²) in [5, 5.41) is 0. The Bertz CT molecular complexity index is 285. The highest BCUT2D eigenvalue weighted by Gasteiger charge is 2.10. The SMILES string of the molecule is [2H]C1c2ccccc2CCN1C. The van der Waals surface area contributed by atoms with Crippen molar-refractivity contribution in [1.82, 2.24) is 4.90 Å². The Labute approximate surface area is 69.1 Å². The van der Waals surface area contributed by atoms with Crippen molar-refractivity contribution in [3.63, 3.8) is 0 Å². The van der Waals surface area contributed by atoms with Crippen LogP contribution in [0.25, 0.3) is 0 Å². The molecule has 1 aromatic rings. The number of fused-ring (bicyclic) bond motifs is 1. The maximum atomic E-state index is 7.89. The first kappa shape index (κ1) is 5.78. The van der Waals surface area contributed by atoms with E-state index < -0.39 is 0 Å². The predicted octanol–water partition coefficient (Wildman–Crippen LogP) is 1.67. The quantitative estimate of drug-likeness (QED) is 0.541. The maximum Gasteiger partial charge on any atom is 0.0481 e. The van der Waals surface area contributed by atoms with Gasteiger partial charge in [-0.25, -0.2) is 0 Å². The highest BCUT2D eigenvalue weighted by molar-refractivity contribution is 5.28. The number of nitrogens with zero attached hydrogens (tertiary/aromatic N) is 1. The zero-order chi connectivity index (χ0) is 8.55. The van der Waals surface area contributed by atoms with Gasteiger partial charge in [-0.3, -0.25) is 0 Å². The lowest BCUT2D eigenvalue weighted by Crippen LogP contribution is -2.26. The van der Waals surface area contributed by atoms with Crippen LogP contribution in [0.5, 0.6) is 0 Å². The summed E-state index contributed by atoms with van der Waals surface area (Å²) in [5.41, 5.74) is 2.52. The topological polar surface area (TPSA) is 3.24 Å². The molecule has 1 aliphatic heterocycles. The molecule has 1 nitrogen and oxygen atoms in total. The van der Waals surface area contributed by atoms with E-state index in [0.717, 1.165) is 13.0 Å². The lowest BCUT2D eigenvalue weighted by Gasteiger charge is -2.24. The molecule has 0 amide bonds. The van der Waals surface area contributed by atoms with Gasteiger partial charge in [-0.2, -0.15) is 0 Å². The lowest BCUT2D eigenvalue weighted by molar-refractivity contribution is 0.313. The van der Waals surface area contributed by atoms with E-state index in [1.807, 2.05) is 13.1 Å². The Balaban J connectivity index is 2.42. The second-order valence-corrected chi connectivity index (χ2v) is 3.06. The van der Waals surface area contributed by atoms with Gasteiger partial charge in [-0.1, -0.05) is 24.3 Å². The van der Waals surface area contributed by atoms with E-state index in [-0.39, 0.29) is 6.52 Å². The van der Waals surface area contributed by atoms with Gasteiger partial charge >= 0.3 is 0 Å². The zero-order valence-electron chi connectivity index (χ0n) is 7.75. The third-order valence-electron chi connectivity index (χ3n) is 2.15. The molecule has 0 aliphatic carbocycles. The summed E-state index contributed by atoms with van der Waals surface area (Å²) in [6.07, 6.45) is 1.09. The van der Waals surface area contributed by atoms with Crippen molar-refractivity contribution in [2.24, 2.45) is 0 Å². The van der Waals surface area contributed by atoms with Crippen molar-refractivity contribution in [2.45, 2.75) is 12.9 Å². The van der Waals surface area contributed by atoms with Gasteiger partial charge in [0.25, 0.3) is 0 Å². The molecule has 0 bridgehead atoms. The Morgan fingerprint density at radius 1 is 1.36 bits per heavy atom. The first-order valence-corrected chi connectivity index (χ1v) is 3.99.